The van der Waals surface area contributed by atoms with Gasteiger partial charge in [-0.15, -0.1) is 11.8 Å². The Morgan fingerprint density at radius 2 is 2.06 bits per heavy atom. The SMILES string of the molecule is Cc1cccc2cc(C(=O)CSC(C)(C)C)oc12. The molecule has 0 unspecified atom stereocenters. The van der Waals surface area contributed by atoms with Gasteiger partial charge in [0.1, 0.15) is 5.58 Å². The Kier molecular flexibility index (Phi) is 3.53. The topological polar surface area (TPSA) is 30.2 Å². The summed E-state index contributed by atoms with van der Waals surface area (Å²) >= 11 is 1.64. The lowest BCUT2D eigenvalue weighted by atomic mass is 10.2. The second kappa shape index (κ2) is 4.81. The Labute approximate surface area is 112 Å². The maximum atomic E-state index is 12.1. The van der Waals surface area contributed by atoms with E-state index in [1.807, 2.05) is 31.2 Å². The molecule has 0 saturated heterocycles. The molecule has 0 N–H and O–H groups in total. The molecule has 0 aliphatic rings. The van der Waals surface area contributed by atoms with Crippen molar-refractivity contribution in [2.45, 2.75) is 32.4 Å². The minimum atomic E-state index is 0.0607. The lowest BCUT2D eigenvalue weighted by Gasteiger charge is -2.16. The number of hydrogen-bond donors (Lipinski definition) is 0. The Balaban J connectivity index is 2.21. The van der Waals surface area contributed by atoms with Crippen LogP contribution in [0.15, 0.2) is 28.7 Å². The van der Waals surface area contributed by atoms with Gasteiger partial charge in [-0.25, -0.2) is 0 Å². The summed E-state index contributed by atoms with van der Waals surface area (Å²) in [5, 5.41) is 0.999. The molecule has 18 heavy (non-hydrogen) atoms. The Hall–Kier alpha value is -1.22. The van der Waals surface area contributed by atoms with Gasteiger partial charge in [0.05, 0.1) is 5.75 Å². The number of rotatable bonds is 3. The van der Waals surface area contributed by atoms with Crippen LogP contribution in [0.2, 0.25) is 0 Å². The molecule has 0 aliphatic heterocycles. The minimum Gasteiger partial charge on any atom is -0.453 e. The van der Waals surface area contributed by atoms with Crippen molar-refractivity contribution in [3.05, 3.63) is 35.6 Å². The first-order valence-corrected chi connectivity index (χ1v) is 7.02. The standard InChI is InChI=1S/C15H18O2S/c1-10-6-5-7-11-8-13(17-14(10)11)12(16)9-18-15(2,3)4/h5-8H,9H2,1-4H3. The summed E-state index contributed by atoms with van der Waals surface area (Å²) in [6.45, 7) is 8.30. The Morgan fingerprint density at radius 1 is 1.33 bits per heavy atom. The highest BCUT2D eigenvalue weighted by molar-refractivity contribution is 8.01. The number of carbonyl (C=O) groups is 1. The summed E-state index contributed by atoms with van der Waals surface area (Å²) in [6, 6.07) is 7.78. The Bertz CT molecular complexity index is 576. The van der Waals surface area contributed by atoms with Crippen molar-refractivity contribution in [1.29, 1.82) is 0 Å². The lowest BCUT2D eigenvalue weighted by Crippen LogP contribution is -2.12. The number of carbonyl (C=O) groups excluding carboxylic acids is 1. The van der Waals surface area contributed by atoms with Crippen LogP contribution < -0.4 is 0 Å². The van der Waals surface area contributed by atoms with Crippen molar-refractivity contribution in [3.8, 4) is 0 Å². The molecule has 1 heterocycles. The molecule has 2 nitrogen and oxygen atoms in total. The van der Waals surface area contributed by atoms with Gasteiger partial charge in [0.2, 0.25) is 5.78 Å². The first kappa shape index (κ1) is 13.2. The highest BCUT2D eigenvalue weighted by Gasteiger charge is 2.17. The Morgan fingerprint density at radius 3 is 2.67 bits per heavy atom. The molecule has 0 fully saturated rings. The van der Waals surface area contributed by atoms with E-state index < -0.39 is 0 Å². The van der Waals surface area contributed by atoms with E-state index in [0.717, 1.165) is 16.5 Å². The van der Waals surface area contributed by atoms with Gasteiger partial charge in [-0.2, -0.15) is 0 Å². The molecule has 0 saturated carbocycles. The van der Waals surface area contributed by atoms with Gasteiger partial charge < -0.3 is 4.42 Å². The molecule has 96 valence electrons. The number of fused-ring (bicyclic) bond motifs is 1. The maximum Gasteiger partial charge on any atom is 0.207 e. The predicted octanol–water partition coefficient (Wildman–Crippen LogP) is 4.46. The minimum absolute atomic E-state index is 0.0607. The average molecular weight is 262 g/mol. The second-order valence-corrected chi connectivity index (χ2v) is 7.23. The number of para-hydroxylation sites is 1. The molecule has 0 bridgehead atoms. The van der Waals surface area contributed by atoms with E-state index in [2.05, 4.69) is 20.8 Å². The van der Waals surface area contributed by atoms with Crippen LogP contribution in [0.4, 0.5) is 0 Å². The molecule has 1 aromatic carbocycles. The summed E-state index contributed by atoms with van der Waals surface area (Å²) in [5.41, 5.74) is 1.89. The number of hydrogen-bond acceptors (Lipinski definition) is 3. The normalized spacial score (nSPS) is 12.0. The van der Waals surface area contributed by atoms with Crippen LogP contribution >= 0.6 is 11.8 Å². The summed E-state index contributed by atoms with van der Waals surface area (Å²) < 4.78 is 5.76. The first-order valence-electron chi connectivity index (χ1n) is 6.03. The molecule has 0 amide bonds. The predicted molar refractivity (Wildman–Crippen MR) is 77.5 cm³/mol. The zero-order valence-electron chi connectivity index (χ0n) is 11.2. The number of ketones is 1. The van der Waals surface area contributed by atoms with E-state index in [0.29, 0.717) is 11.5 Å². The number of furan rings is 1. The van der Waals surface area contributed by atoms with E-state index in [1.165, 1.54) is 0 Å². The van der Waals surface area contributed by atoms with E-state index in [4.69, 9.17) is 4.42 Å². The molecule has 0 spiro atoms. The van der Waals surface area contributed by atoms with E-state index in [1.54, 1.807) is 11.8 Å². The molecule has 1 aromatic heterocycles. The number of Topliss-reactive ketones (excluding diaryl/α,β-unsaturated/α-hetero) is 1. The van der Waals surface area contributed by atoms with E-state index in [-0.39, 0.29) is 10.5 Å². The third kappa shape index (κ3) is 2.96. The van der Waals surface area contributed by atoms with Crippen molar-refractivity contribution < 1.29 is 9.21 Å². The van der Waals surface area contributed by atoms with E-state index >= 15 is 0 Å². The third-order valence-electron chi connectivity index (χ3n) is 2.65. The maximum absolute atomic E-state index is 12.1. The average Bonchev–Trinajstić information content (AvgIpc) is 2.70. The smallest absolute Gasteiger partial charge is 0.207 e. The van der Waals surface area contributed by atoms with Crippen LogP contribution in [-0.2, 0) is 0 Å². The summed E-state index contributed by atoms with van der Waals surface area (Å²) in [5.74, 6) is 0.990. The molecule has 0 radical (unpaired) electrons. The largest absolute Gasteiger partial charge is 0.453 e. The molecule has 3 heteroatoms. The van der Waals surface area contributed by atoms with Gasteiger partial charge in [-0.1, -0.05) is 39.0 Å². The van der Waals surface area contributed by atoms with E-state index in [9.17, 15) is 4.79 Å². The highest BCUT2D eigenvalue weighted by atomic mass is 32.2. The van der Waals surface area contributed by atoms with Crippen molar-refractivity contribution in [2.75, 3.05) is 5.75 Å². The van der Waals surface area contributed by atoms with Gasteiger partial charge in [0.15, 0.2) is 5.76 Å². The molecule has 2 rings (SSSR count). The molecular formula is C15H18O2S. The van der Waals surface area contributed by atoms with Crippen LogP contribution in [0.1, 0.15) is 36.9 Å². The van der Waals surface area contributed by atoms with Gasteiger partial charge in [0, 0.05) is 10.1 Å². The number of thioether (sulfide) groups is 1. The number of aryl methyl sites for hydroxylation is 1. The van der Waals surface area contributed by atoms with Crippen LogP contribution in [-0.4, -0.2) is 16.3 Å². The van der Waals surface area contributed by atoms with Gasteiger partial charge >= 0.3 is 0 Å². The van der Waals surface area contributed by atoms with Crippen LogP contribution in [0.25, 0.3) is 11.0 Å². The zero-order valence-corrected chi connectivity index (χ0v) is 12.1. The molecule has 2 aromatic rings. The number of benzene rings is 1. The van der Waals surface area contributed by atoms with Gasteiger partial charge in [-0.3, -0.25) is 4.79 Å². The van der Waals surface area contributed by atoms with Crippen LogP contribution in [0, 0.1) is 6.92 Å². The monoisotopic (exact) mass is 262 g/mol. The molecule has 0 aliphatic carbocycles. The fraction of sp³-hybridized carbons (Fsp3) is 0.400. The zero-order chi connectivity index (χ0) is 13.3. The third-order valence-corrected chi connectivity index (χ3v) is 3.92. The van der Waals surface area contributed by atoms with Gasteiger partial charge in [0.25, 0.3) is 0 Å². The van der Waals surface area contributed by atoms with Crippen LogP contribution in [0.5, 0.6) is 0 Å². The van der Waals surface area contributed by atoms with Gasteiger partial charge in [-0.05, 0) is 18.6 Å². The molecule has 0 atom stereocenters. The first-order chi connectivity index (χ1) is 8.37. The second-order valence-electron chi connectivity index (χ2n) is 5.43. The fourth-order valence-corrected chi connectivity index (χ4v) is 2.41. The van der Waals surface area contributed by atoms with Crippen molar-refractivity contribution in [2.24, 2.45) is 0 Å². The van der Waals surface area contributed by atoms with Crippen molar-refractivity contribution in [1.82, 2.24) is 0 Å². The fourth-order valence-electron chi connectivity index (χ4n) is 1.70. The van der Waals surface area contributed by atoms with Crippen LogP contribution in [0.3, 0.4) is 0 Å². The summed E-state index contributed by atoms with van der Waals surface area (Å²) in [4.78, 5) is 12.1. The highest BCUT2D eigenvalue weighted by Crippen LogP contribution is 2.27. The summed E-state index contributed by atoms with van der Waals surface area (Å²) in [6.07, 6.45) is 0. The van der Waals surface area contributed by atoms with Crippen molar-refractivity contribution >= 4 is 28.5 Å². The molecular weight excluding hydrogens is 244 g/mol. The lowest BCUT2D eigenvalue weighted by molar-refractivity contribution is 0.0994. The van der Waals surface area contributed by atoms with Crippen molar-refractivity contribution in [3.63, 3.8) is 0 Å². The quantitative estimate of drug-likeness (QED) is 0.765. The summed E-state index contributed by atoms with van der Waals surface area (Å²) in [7, 11) is 0.